The molecule has 2 N–H and O–H groups in total. The minimum atomic E-state index is 0.0665. The van der Waals surface area contributed by atoms with Crippen molar-refractivity contribution in [1.29, 1.82) is 0 Å². The van der Waals surface area contributed by atoms with E-state index in [2.05, 4.69) is 23.3 Å². The first kappa shape index (κ1) is 11.9. The first-order chi connectivity index (χ1) is 8.31. The molecular weight excluding hydrogens is 212 g/mol. The standard InChI is InChI=1S/C14H18N2O/c1-2-3-7-14(17)16-13-6-4-5-11-10-15-9-8-12(11)13/h2,4-6,15H,1,3,7-10H2,(H,16,17). The van der Waals surface area contributed by atoms with Crippen LogP contribution in [0.1, 0.15) is 24.0 Å². The van der Waals surface area contributed by atoms with Gasteiger partial charge in [0.15, 0.2) is 0 Å². The third-order valence-electron chi connectivity index (χ3n) is 2.99. The number of nitrogens with one attached hydrogen (secondary N) is 2. The minimum Gasteiger partial charge on any atom is -0.326 e. The lowest BCUT2D eigenvalue weighted by atomic mass is 9.99. The first-order valence-corrected chi connectivity index (χ1v) is 6.03. The van der Waals surface area contributed by atoms with Crippen LogP contribution in [0.25, 0.3) is 0 Å². The summed E-state index contributed by atoms with van der Waals surface area (Å²) in [4.78, 5) is 11.7. The Hall–Kier alpha value is -1.61. The number of carbonyl (C=O) groups excluding carboxylic acids is 1. The second-order valence-corrected chi connectivity index (χ2v) is 4.25. The smallest absolute Gasteiger partial charge is 0.224 e. The van der Waals surface area contributed by atoms with E-state index >= 15 is 0 Å². The molecule has 1 aromatic rings. The molecule has 0 atom stereocenters. The van der Waals surface area contributed by atoms with E-state index in [-0.39, 0.29) is 5.91 Å². The van der Waals surface area contributed by atoms with Crippen LogP contribution in [0.3, 0.4) is 0 Å². The SMILES string of the molecule is C=CCCC(=O)Nc1cccc2c1CCNC2. The number of amides is 1. The van der Waals surface area contributed by atoms with Crippen LogP contribution in [0.5, 0.6) is 0 Å². The van der Waals surface area contributed by atoms with E-state index in [9.17, 15) is 4.79 Å². The molecule has 0 saturated heterocycles. The van der Waals surface area contributed by atoms with Gasteiger partial charge in [-0.25, -0.2) is 0 Å². The fourth-order valence-corrected chi connectivity index (χ4v) is 2.09. The average Bonchev–Trinajstić information content (AvgIpc) is 2.37. The zero-order valence-corrected chi connectivity index (χ0v) is 9.96. The number of fused-ring (bicyclic) bond motifs is 1. The molecule has 0 saturated carbocycles. The number of rotatable bonds is 4. The molecule has 17 heavy (non-hydrogen) atoms. The predicted molar refractivity (Wildman–Crippen MR) is 69.9 cm³/mol. The largest absolute Gasteiger partial charge is 0.326 e. The summed E-state index contributed by atoms with van der Waals surface area (Å²) in [6.07, 6.45) is 3.98. The van der Waals surface area contributed by atoms with Crippen LogP contribution >= 0.6 is 0 Å². The van der Waals surface area contributed by atoms with Gasteiger partial charge in [-0.1, -0.05) is 18.2 Å². The van der Waals surface area contributed by atoms with Crippen molar-refractivity contribution in [2.45, 2.75) is 25.8 Å². The quantitative estimate of drug-likeness (QED) is 0.779. The predicted octanol–water partition coefficient (Wildman–Crippen LogP) is 2.24. The Morgan fingerprint density at radius 2 is 2.41 bits per heavy atom. The van der Waals surface area contributed by atoms with Crippen molar-refractivity contribution in [2.24, 2.45) is 0 Å². The van der Waals surface area contributed by atoms with E-state index in [1.165, 1.54) is 11.1 Å². The zero-order valence-electron chi connectivity index (χ0n) is 9.96. The molecule has 0 aliphatic carbocycles. The lowest BCUT2D eigenvalue weighted by Crippen LogP contribution is -2.25. The highest BCUT2D eigenvalue weighted by atomic mass is 16.1. The molecule has 90 valence electrons. The van der Waals surface area contributed by atoms with E-state index in [1.807, 2.05) is 12.1 Å². The van der Waals surface area contributed by atoms with Crippen LogP contribution < -0.4 is 10.6 Å². The van der Waals surface area contributed by atoms with E-state index in [4.69, 9.17) is 0 Å². The monoisotopic (exact) mass is 230 g/mol. The molecule has 1 amide bonds. The lowest BCUT2D eigenvalue weighted by Gasteiger charge is -2.20. The Bertz CT molecular complexity index is 426. The van der Waals surface area contributed by atoms with Crippen LogP contribution in [0, 0.1) is 0 Å². The molecule has 0 aromatic heterocycles. The minimum absolute atomic E-state index is 0.0665. The summed E-state index contributed by atoms with van der Waals surface area (Å²) in [5, 5.41) is 6.32. The average molecular weight is 230 g/mol. The summed E-state index contributed by atoms with van der Waals surface area (Å²) in [6.45, 7) is 5.49. The highest BCUT2D eigenvalue weighted by Gasteiger charge is 2.13. The Labute approximate surface area is 102 Å². The van der Waals surface area contributed by atoms with Crippen molar-refractivity contribution in [1.82, 2.24) is 5.32 Å². The molecule has 1 aliphatic rings. The van der Waals surface area contributed by atoms with Crippen molar-refractivity contribution in [3.8, 4) is 0 Å². The summed E-state index contributed by atoms with van der Waals surface area (Å²) in [5.74, 6) is 0.0665. The van der Waals surface area contributed by atoms with E-state index in [0.29, 0.717) is 6.42 Å². The van der Waals surface area contributed by atoms with Crippen molar-refractivity contribution in [3.05, 3.63) is 42.0 Å². The summed E-state index contributed by atoms with van der Waals surface area (Å²) < 4.78 is 0. The van der Waals surface area contributed by atoms with Gasteiger partial charge in [-0.05, 0) is 36.6 Å². The van der Waals surface area contributed by atoms with Gasteiger partial charge in [0, 0.05) is 18.7 Å². The van der Waals surface area contributed by atoms with Gasteiger partial charge < -0.3 is 10.6 Å². The molecule has 0 fully saturated rings. The Morgan fingerprint density at radius 3 is 3.24 bits per heavy atom. The maximum Gasteiger partial charge on any atom is 0.224 e. The number of hydrogen-bond donors (Lipinski definition) is 2. The van der Waals surface area contributed by atoms with Gasteiger partial charge in [0.05, 0.1) is 0 Å². The topological polar surface area (TPSA) is 41.1 Å². The van der Waals surface area contributed by atoms with Crippen molar-refractivity contribution >= 4 is 11.6 Å². The lowest BCUT2D eigenvalue weighted by molar-refractivity contribution is -0.116. The highest BCUT2D eigenvalue weighted by Crippen LogP contribution is 2.23. The molecule has 3 heteroatoms. The molecule has 1 aliphatic heterocycles. The summed E-state index contributed by atoms with van der Waals surface area (Å²) >= 11 is 0. The molecule has 0 radical (unpaired) electrons. The summed E-state index contributed by atoms with van der Waals surface area (Å²) in [7, 11) is 0. The second kappa shape index (κ2) is 5.64. The molecule has 1 aromatic carbocycles. The maximum absolute atomic E-state index is 11.7. The van der Waals surface area contributed by atoms with E-state index in [1.54, 1.807) is 6.08 Å². The fraction of sp³-hybridized carbons (Fsp3) is 0.357. The van der Waals surface area contributed by atoms with Crippen LogP contribution in [-0.4, -0.2) is 12.5 Å². The van der Waals surface area contributed by atoms with Crippen LogP contribution in [0.15, 0.2) is 30.9 Å². The Balaban J connectivity index is 2.10. The Kier molecular flexibility index (Phi) is 3.94. The summed E-state index contributed by atoms with van der Waals surface area (Å²) in [6, 6.07) is 6.09. The molecule has 2 rings (SSSR count). The third-order valence-corrected chi connectivity index (χ3v) is 2.99. The van der Waals surface area contributed by atoms with Gasteiger partial charge in [0.25, 0.3) is 0 Å². The van der Waals surface area contributed by atoms with Crippen molar-refractivity contribution < 1.29 is 4.79 Å². The molecule has 0 spiro atoms. The third kappa shape index (κ3) is 2.94. The van der Waals surface area contributed by atoms with Crippen LogP contribution in [0.4, 0.5) is 5.69 Å². The number of allylic oxidation sites excluding steroid dienone is 1. The summed E-state index contributed by atoms with van der Waals surface area (Å²) in [5.41, 5.74) is 3.54. The molecular formula is C14H18N2O. The molecule has 0 bridgehead atoms. The Morgan fingerprint density at radius 1 is 1.53 bits per heavy atom. The normalized spacial score (nSPS) is 13.9. The van der Waals surface area contributed by atoms with Gasteiger partial charge in [-0.2, -0.15) is 0 Å². The first-order valence-electron chi connectivity index (χ1n) is 6.03. The van der Waals surface area contributed by atoms with Gasteiger partial charge in [0.2, 0.25) is 5.91 Å². The number of hydrogen-bond acceptors (Lipinski definition) is 2. The van der Waals surface area contributed by atoms with Crippen molar-refractivity contribution in [2.75, 3.05) is 11.9 Å². The van der Waals surface area contributed by atoms with Crippen molar-refractivity contribution in [3.63, 3.8) is 0 Å². The number of anilines is 1. The van der Waals surface area contributed by atoms with Gasteiger partial charge >= 0.3 is 0 Å². The number of benzene rings is 1. The van der Waals surface area contributed by atoms with Gasteiger partial charge in [-0.3, -0.25) is 4.79 Å². The van der Waals surface area contributed by atoms with Crippen LogP contribution in [0.2, 0.25) is 0 Å². The molecule has 3 nitrogen and oxygen atoms in total. The van der Waals surface area contributed by atoms with Crippen LogP contribution in [-0.2, 0) is 17.8 Å². The van der Waals surface area contributed by atoms with E-state index < -0.39 is 0 Å². The second-order valence-electron chi connectivity index (χ2n) is 4.25. The number of carbonyl (C=O) groups is 1. The zero-order chi connectivity index (χ0) is 12.1. The fourth-order valence-electron chi connectivity index (χ4n) is 2.09. The van der Waals surface area contributed by atoms with E-state index in [0.717, 1.165) is 31.6 Å². The molecule has 0 unspecified atom stereocenters. The van der Waals surface area contributed by atoms with Gasteiger partial charge in [0.1, 0.15) is 0 Å². The van der Waals surface area contributed by atoms with Gasteiger partial charge in [-0.15, -0.1) is 6.58 Å². The highest BCUT2D eigenvalue weighted by molar-refractivity contribution is 5.91. The molecule has 1 heterocycles. The maximum atomic E-state index is 11.7.